The molecule has 0 radical (unpaired) electrons. The molecule has 0 bridgehead atoms. The van der Waals surface area contributed by atoms with Crippen LogP contribution in [0.5, 0.6) is 0 Å². The van der Waals surface area contributed by atoms with Gasteiger partial charge in [-0.2, -0.15) is 4.37 Å². The van der Waals surface area contributed by atoms with Crippen LogP contribution < -0.4 is 4.94 Å². The maximum absolute atomic E-state index is 10.7. The molecule has 1 aromatic carbocycles. The summed E-state index contributed by atoms with van der Waals surface area (Å²) in [7, 11) is 0. The van der Waals surface area contributed by atoms with Crippen LogP contribution in [0.15, 0.2) is 33.5 Å². The second-order valence-electron chi connectivity index (χ2n) is 2.73. The second-order valence-corrected chi connectivity index (χ2v) is 3.87. The molecule has 0 amide bonds. The summed E-state index contributed by atoms with van der Waals surface area (Å²) in [5.41, 5.74) is 1.02. The number of nitrogens with zero attached hydrogens (tertiary/aromatic N) is 1. The molecule has 5 heteroatoms. The molecule has 0 saturated carbocycles. The topological polar surface area (TPSA) is 43.1 Å². The summed E-state index contributed by atoms with van der Waals surface area (Å²) in [5, 5.41) is 0.688. The molecular formula is C9H6ClNO2S. The van der Waals surface area contributed by atoms with Gasteiger partial charge >= 0.3 is 4.94 Å². The highest BCUT2D eigenvalue weighted by Crippen LogP contribution is 2.12. The third-order valence-electron chi connectivity index (χ3n) is 1.69. The fraction of sp³-hybridized carbons (Fsp3) is 0.111. The molecule has 1 aromatic heterocycles. The Hall–Kier alpha value is -1.13. The molecule has 0 aliphatic heterocycles. The van der Waals surface area contributed by atoms with E-state index < -0.39 is 0 Å². The third kappa shape index (κ3) is 2.21. The molecule has 2 rings (SSSR count). The lowest BCUT2D eigenvalue weighted by atomic mass is 10.1. The molecule has 0 atom stereocenters. The Labute approximate surface area is 89.1 Å². The Kier molecular flexibility index (Phi) is 2.65. The zero-order valence-electron chi connectivity index (χ0n) is 7.07. The van der Waals surface area contributed by atoms with Crippen molar-refractivity contribution in [1.82, 2.24) is 4.37 Å². The van der Waals surface area contributed by atoms with Crippen LogP contribution >= 0.6 is 23.1 Å². The van der Waals surface area contributed by atoms with Gasteiger partial charge in [0.15, 0.2) is 0 Å². The van der Waals surface area contributed by atoms with Gasteiger partial charge in [-0.3, -0.25) is 0 Å². The van der Waals surface area contributed by atoms with Crippen molar-refractivity contribution in [2.75, 3.05) is 0 Å². The normalized spacial score (nSPS) is 10.4. The zero-order valence-corrected chi connectivity index (χ0v) is 8.64. The third-order valence-corrected chi connectivity index (χ3v) is 2.47. The fourth-order valence-corrected chi connectivity index (χ4v) is 1.60. The summed E-state index contributed by atoms with van der Waals surface area (Å²) in [6, 6.07) is 7.34. The molecule has 0 saturated heterocycles. The van der Waals surface area contributed by atoms with Crippen molar-refractivity contribution in [3.05, 3.63) is 50.5 Å². The van der Waals surface area contributed by atoms with Crippen molar-refractivity contribution in [3.8, 4) is 0 Å². The molecule has 14 heavy (non-hydrogen) atoms. The Morgan fingerprint density at radius 2 is 2.07 bits per heavy atom. The van der Waals surface area contributed by atoms with E-state index in [1.165, 1.54) is 0 Å². The Morgan fingerprint density at radius 3 is 2.64 bits per heavy atom. The van der Waals surface area contributed by atoms with E-state index in [9.17, 15) is 4.79 Å². The van der Waals surface area contributed by atoms with Crippen molar-refractivity contribution in [3.63, 3.8) is 0 Å². The van der Waals surface area contributed by atoms with Gasteiger partial charge in [0, 0.05) is 16.6 Å². The number of benzene rings is 1. The van der Waals surface area contributed by atoms with E-state index in [1.54, 1.807) is 12.1 Å². The van der Waals surface area contributed by atoms with Crippen molar-refractivity contribution < 1.29 is 4.42 Å². The van der Waals surface area contributed by atoms with E-state index in [-0.39, 0.29) is 4.94 Å². The van der Waals surface area contributed by atoms with Crippen molar-refractivity contribution in [2.45, 2.75) is 6.42 Å². The molecule has 72 valence electrons. The first-order valence-electron chi connectivity index (χ1n) is 3.94. The van der Waals surface area contributed by atoms with Crippen LogP contribution in [0.1, 0.15) is 11.5 Å². The van der Waals surface area contributed by atoms with E-state index in [4.69, 9.17) is 16.0 Å². The maximum atomic E-state index is 10.7. The van der Waals surface area contributed by atoms with E-state index in [0.717, 1.165) is 17.1 Å². The molecule has 0 aliphatic rings. The van der Waals surface area contributed by atoms with Crippen LogP contribution in [0.4, 0.5) is 0 Å². The van der Waals surface area contributed by atoms with Crippen molar-refractivity contribution >= 4 is 23.1 Å². The Morgan fingerprint density at radius 1 is 1.36 bits per heavy atom. The van der Waals surface area contributed by atoms with Crippen molar-refractivity contribution in [2.24, 2.45) is 0 Å². The first kappa shape index (κ1) is 9.43. The van der Waals surface area contributed by atoms with Gasteiger partial charge in [-0.15, -0.1) is 0 Å². The molecular weight excluding hydrogens is 222 g/mol. The molecule has 0 aliphatic carbocycles. The Balaban J connectivity index is 2.19. The highest BCUT2D eigenvalue weighted by molar-refractivity contribution is 7.02. The largest absolute Gasteiger partial charge is 0.414 e. The molecule has 3 nitrogen and oxygen atoms in total. The quantitative estimate of drug-likeness (QED) is 0.791. The number of halogens is 1. The highest BCUT2D eigenvalue weighted by Gasteiger charge is 2.02. The number of hydrogen-bond donors (Lipinski definition) is 0. The summed E-state index contributed by atoms with van der Waals surface area (Å²) in [5.74, 6) is 0.447. The standard InChI is InChI=1S/C9H6ClNO2S/c10-7-3-1-6(2-4-7)5-8-11-14-9(12)13-8/h1-4H,5H2. The molecule has 0 spiro atoms. The van der Waals surface area contributed by atoms with Gasteiger partial charge < -0.3 is 4.42 Å². The minimum absolute atomic E-state index is 0.367. The van der Waals surface area contributed by atoms with E-state index in [2.05, 4.69) is 4.37 Å². The average molecular weight is 228 g/mol. The number of hydrogen-bond acceptors (Lipinski definition) is 4. The summed E-state index contributed by atoms with van der Waals surface area (Å²) in [6.45, 7) is 0. The van der Waals surface area contributed by atoms with Crippen LogP contribution in [0.25, 0.3) is 0 Å². The zero-order chi connectivity index (χ0) is 9.97. The van der Waals surface area contributed by atoms with Gasteiger partial charge in [0.1, 0.15) is 0 Å². The highest BCUT2D eigenvalue weighted by atomic mass is 35.5. The van der Waals surface area contributed by atoms with Gasteiger partial charge in [-0.1, -0.05) is 23.7 Å². The average Bonchev–Trinajstić information content (AvgIpc) is 2.56. The number of rotatable bonds is 2. The van der Waals surface area contributed by atoms with E-state index in [1.807, 2.05) is 12.1 Å². The van der Waals surface area contributed by atoms with Gasteiger partial charge in [-0.05, 0) is 17.7 Å². The Bertz CT molecular complexity index is 474. The van der Waals surface area contributed by atoms with Crippen LogP contribution in [0.3, 0.4) is 0 Å². The predicted octanol–water partition coefficient (Wildman–Crippen LogP) is 2.34. The summed E-state index contributed by atoms with van der Waals surface area (Å²) >= 11 is 6.56. The van der Waals surface area contributed by atoms with Crippen LogP contribution in [-0.4, -0.2) is 4.37 Å². The molecule has 0 unspecified atom stereocenters. The maximum Gasteiger partial charge on any atom is 0.414 e. The van der Waals surface area contributed by atoms with Gasteiger partial charge in [-0.25, -0.2) is 4.79 Å². The SMILES string of the molecule is O=c1oc(Cc2ccc(Cl)cc2)ns1. The van der Waals surface area contributed by atoms with Crippen molar-refractivity contribution in [1.29, 1.82) is 0 Å². The minimum atomic E-state index is -0.367. The van der Waals surface area contributed by atoms with Gasteiger partial charge in [0.2, 0.25) is 5.89 Å². The molecule has 0 fully saturated rings. The van der Waals surface area contributed by atoms with Crippen LogP contribution in [0.2, 0.25) is 5.02 Å². The lowest BCUT2D eigenvalue weighted by Crippen LogP contribution is -1.88. The molecule has 1 heterocycles. The van der Waals surface area contributed by atoms with Crippen LogP contribution in [-0.2, 0) is 6.42 Å². The summed E-state index contributed by atoms with van der Waals surface area (Å²) in [6.07, 6.45) is 0.524. The van der Waals surface area contributed by atoms with Gasteiger partial charge in [0.25, 0.3) is 0 Å². The minimum Gasteiger partial charge on any atom is -0.398 e. The van der Waals surface area contributed by atoms with E-state index in [0.29, 0.717) is 17.3 Å². The predicted molar refractivity (Wildman–Crippen MR) is 54.9 cm³/mol. The van der Waals surface area contributed by atoms with E-state index >= 15 is 0 Å². The lowest BCUT2D eigenvalue weighted by molar-refractivity contribution is 0.479. The monoisotopic (exact) mass is 227 g/mol. The first-order valence-corrected chi connectivity index (χ1v) is 5.09. The summed E-state index contributed by atoms with van der Waals surface area (Å²) in [4.78, 5) is 10.3. The first-order chi connectivity index (χ1) is 6.74. The fourth-order valence-electron chi connectivity index (χ4n) is 1.07. The molecule has 0 N–H and O–H groups in total. The van der Waals surface area contributed by atoms with Crippen LogP contribution in [0, 0.1) is 0 Å². The summed E-state index contributed by atoms with van der Waals surface area (Å²) < 4.78 is 8.70. The second kappa shape index (κ2) is 3.94. The van der Waals surface area contributed by atoms with Gasteiger partial charge in [0.05, 0.1) is 6.42 Å². The smallest absolute Gasteiger partial charge is 0.398 e. The lowest BCUT2D eigenvalue weighted by Gasteiger charge is -1.95. The number of aromatic nitrogens is 1. The molecule has 2 aromatic rings.